The average Bonchev–Trinajstić information content (AvgIpc) is 3.45. The summed E-state index contributed by atoms with van der Waals surface area (Å²) in [6.45, 7) is 0. The molecule has 0 radical (unpaired) electrons. The maximum absolute atomic E-state index is 12.9. The molecule has 0 unspecified atom stereocenters. The Bertz CT molecular complexity index is 1740. The fraction of sp³-hybridized carbons (Fsp3) is 0.0833. The van der Waals surface area contributed by atoms with Gasteiger partial charge in [0.15, 0.2) is 0 Å². The molecule has 0 aliphatic heterocycles. The zero-order valence-corrected chi connectivity index (χ0v) is 19.0. The average molecular weight is 488 g/mol. The Labute approximate surface area is 200 Å². The summed E-state index contributed by atoms with van der Waals surface area (Å²) >= 11 is 1.02. The molecule has 0 atom stereocenters. The quantitative estimate of drug-likeness (QED) is 0.263. The Morgan fingerprint density at radius 2 is 1.94 bits per heavy atom. The summed E-state index contributed by atoms with van der Waals surface area (Å²) in [4.78, 5) is 40.2. The van der Waals surface area contributed by atoms with E-state index in [1.54, 1.807) is 43.5 Å². The van der Waals surface area contributed by atoms with Gasteiger partial charge in [-0.1, -0.05) is 35.6 Å². The van der Waals surface area contributed by atoms with E-state index < -0.39 is 16.0 Å². The first-order chi connectivity index (χ1) is 16.9. The summed E-state index contributed by atoms with van der Waals surface area (Å²) in [5.74, 6) is 1.48. The maximum atomic E-state index is 12.9. The van der Waals surface area contributed by atoms with Crippen molar-refractivity contribution in [2.75, 3.05) is 7.11 Å². The van der Waals surface area contributed by atoms with E-state index in [1.807, 2.05) is 12.1 Å². The lowest BCUT2D eigenvalue weighted by molar-refractivity contribution is -0.384. The van der Waals surface area contributed by atoms with Crippen molar-refractivity contribution < 1.29 is 14.1 Å². The second-order valence-corrected chi connectivity index (χ2v) is 8.52. The van der Waals surface area contributed by atoms with E-state index in [1.165, 1.54) is 18.2 Å². The van der Waals surface area contributed by atoms with Crippen LogP contribution in [-0.2, 0) is 6.42 Å². The second-order valence-electron chi connectivity index (χ2n) is 7.51. The zero-order valence-electron chi connectivity index (χ0n) is 18.2. The van der Waals surface area contributed by atoms with Crippen LogP contribution in [0, 0.1) is 10.1 Å². The first kappa shape index (κ1) is 22.2. The van der Waals surface area contributed by atoms with Crippen molar-refractivity contribution in [3.05, 3.63) is 113 Å². The van der Waals surface area contributed by atoms with Crippen molar-refractivity contribution in [1.82, 2.24) is 14.6 Å². The first-order valence-electron chi connectivity index (χ1n) is 10.3. The molecule has 0 saturated carbocycles. The van der Waals surface area contributed by atoms with Gasteiger partial charge in [-0.05, 0) is 29.8 Å². The van der Waals surface area contributed by atoms with Crippen LogP contribution in [0.3, 0.4) is 0 Å². The standard InChI is InChI=1S/C24H16N4O6S/c1-33-17-7-5-14(6-8-17)11-19-22(29)25-24-27(26-19)23(30)21(35-24)13-18-9-10-20(34-18)15-3-2-4-16(12-15)28(31)32/h2-10,12-13H,11H2,1H3/b21-13-. The molecule has 0 fully saturated rings. The van der Waals surface area contributed by atoms with Gasteiger partial charge in [0.05, 0.1) is 12.0 Å². The number of fused-ring (bicyclic) bond motifs is 1. The van der Waals surface area contributed by atoms with Gasteiger partial charge in [-0.3, -0.25) is 19.7 Å². The number of thiazole rings is 1. The number of nitro groups is 1. The van der Waals surface area contributed by atoms with E-state index in [2.05, 4.69) is 10.1 Å². The molecule has 0 aliphatic rings. The van der Waals surface area contributed by atoms with Crippen LogP contribution < -0.4 is 20.4 Å². The predicted molar refractivity (Wildman–Crippen MR) is 129 cm³/mol. The van der Waals surface area contributed by atoms with E-state index >= 15 is 0 Å². The molecule has 174 valence electrons. The van der Waals surface area contributed by atoms with Crippen molar-refractivity contribution in [3.63, 3.8) is 0 Å². The van der Waals surface area contributed by atoms with Crippen molar-refractivity contribution >= 4 is 28.1 Å². The molecule has 35 heavy (non-hydrogen) atoms. The molecule has 5 aromatic rings. The minimum absolute atomic E-state index is 0.0526. The van der Waals surface area contributed by atoms with Crippen molar-refractivity contribution in [2.24, 2.45) is 0 Å². The van der Waals surface area contributed by atoms with Gasteiger partial charge >= 0.3 is 0 Å². The van der Waals surface area contributed by atoms with Gasteiger partial charge in [0.1, 0.15) is 27.5 Å². The zero-order chi connectivity index (χ0) is 24.5. The number of hydrogen-bond acceptors (Lipinski definition) is 9. The highest BCUT2D eigenvalue weighted by atomic mass is 32.1. The molecule has 5 rings (SSSR count). The molecule has 10 nitrogen and oxygen atoms in total. The van der Waals surface area contributed by atoms with Crippen LogP contribution in [0.15, 0.2) is 74.7 Å². The SMILES string of the molecule is COc1ccc(Cc2nn3c(=O)/c(=C/c4ccc(-c5cccc([N+](=O)[O-])c5)o4)sc3nc2=O)cc1. The van der Waals surface area contributed by atoms with Crippen molar-refractivity contribution in [1.29, 1.82) is 0 Å². The van der Waals surface area contributed by atoms with Crippen LogP contribution in [0.1, 0.15) is 17.0 Å². The molecule has 0 aliphatic carbocycles. The summed E-state index contributed by atoms with van der Waals surface area (Å²) in [5, 5.41) is 15.3. The Kier molecular flexibility index (Phi) is 5.67. The molecule has 0 bridgehead atoms. The minimum atomic E-state index is -0.500. The van der Waals surface area contributed by atoms with Crippen molar-refractivity contribution in [2.45, 2.75) is 6.42 Å². The largest absolute Gasteiger partial charge is 0.497 e. The summed E-state index contributed by atoms with van der Waals surface area (Å²) < 4.78 is 12.3. The number of furan rings is 1. The molecule has 0 N–H and O–H groups in total. The van der Waals surface area contributed by atoms with Gasteiger partial charge in [0, 0.05) is 30.2 Å². The van der Waals surface area contributed by atoms with E-state index in [0.717, 1.165) is 21.4 Å². The smallest absolute Gasteiger partial charge is 0.296 e. The number of aromatic nitrogens is 3. The fourth-order valence-electron chi connectivity index (χ4n) is 3.48. The number of nitrogens with zero attached hydrogens (tertiary/aromatic N) is 4. The molecule has 11 heteroatoms. The number of rotatable bonds is 6. The molecular formula is C24H16N4O6S. The van der Waals surface area contributed by atoms with Crippen LogP contribution in [0.2, 0.25) is 0 Å². The van der Waals surface area contributed by atoms with E-state index in [4.69, 9.17) is 9.15 Å². The van der Waals surface area contributed by atoms with Crippen LogP contribution in [0.4, 0.5) is 5.69 Å². The third-order valence-corrected chi connectivity index (χ3v) is 6.18. The molecule has 0 amide bonds. The number of methoxy groups -OCH3 is 1. The number of ether oxygens (including phenoxy) is 1. The van der Waals surface area contributed by atoms with Gasteiger partial charge in [-0.2, -0.15) is 14.6 Å². The second kappa shape index (κ2) is 8.95. The number of benzene rings is 2. The van der Waals surface area contributed by atoms with E-state index in [-0.39, 0.29) is 27.3 Å². The Morgan fingerprint density at radius 1 is 1.14 bits per heavy atom. The minimum Gasteiger partial charge on any atom is -0.497 e. The highest BCUT2D eigenvalue weighted by molar-refractivity contribution is 7.15. The molecule has 2 aromatic carbocycles. The van der Waals surface area contributed by atoms with Crippen molar-refractivity contribution in [3.8, 4) is 17.1 Å². The van der Waals surface area contributed by atoms with Crippen LogP contribution in [0.5, 0.6) is 5.75 Å². The van der Waals surface area contributed by atoms with Crippen LogP contribution in [0.25, 0.3) is 22.4 Å². The molecular weight excluding hydrogens is 472 g/mol. The number of hydrogen-bond donors (Lipinski definition) is 0. The lowest BCUT2D eigenvalue weighted by Crippen LogP contribution is -2.28. The Balaban J connectivity index is 1.48. The number of nitro benzene ring substituents is 1. The van der Waals surface area contributed by atoms with E-state index in [0.29, 0.717) is 22.8 Å². The molecule has 0 saturated heterocycles. The van der Waals surface area contributed by atoms with E-state index in [9.17, 15) is 19.7 Å². The fourth-order valence-corrected chi connectivity index (χ4v) is 4.36. The number of non-ortho nitro benzene ring substituents is 1. The Hall–Kier alpha value is -4.64. The molecule has 3 aromatic heterocycles. The monoisotopic (exact) mass is 488 g/mol. The summed E-state index contributed by atoms with van der Waals surface area (Å²) in [7, 11) is 1.57. The maximum Gasteiger partial charge on any atom is 0.296 e. The lowest BCUT2D eigenvalue weighted by Gasteiger charge is -2.02. The van der Waals surface area contributed by atoms with Crippen LogP contribution >= 0.6 is 11.3 Å². The Morgan fingerprint density at radius 3 is 2.69 bits per heavy atom. The third kappa shape index (κ3) is 4.44. The van der Waals surface area contributed by atoms with Gasteiger partial charge in [-0.25, -0.2) is 0 Å². The van der Waals surface area contributed by atoms with Gasteiger partial charge in [0.2, 0.25) is 4.96 Å². The normalized spacial score (nSPS) is 11.7. The van der Waals surface area contributed by atoms with Gasteiger partial charge in [0.25, 0.3) is 16.8 Å². The molecule has 0 spiro atoms. The molecule has 3 heterocycles. The summed E-state index contributed by atoms with van der Waals surface area (Å²) in [5.41, 5.74) is 0.537. The summed E-state index contributed by atoms with van der Waals surface area (Å²) in [6.07, 6.45) is 1.75. The third-order valence-electron chi connectivity index (χ3n) is 5.22. The highest BCUT2D eigenvalue weighted by Crippen LogP contribution is 2.26. The van der Waals surface area contributed by atoms with Gasteiger partial charge < -0.3 is 9.15 Å². The first-order valence-corrected chi connectivity index (χ1v) is 11.1. The topological polar surface area (TPSA) is 130 Å². The lowest BCUT2D eigenvalue weighted by atomic mass is 10.1. The highest BCUT2D eigenvalue weighted by Gasteiger charge is 2.13. The van der Waals surface area contributed by atoms with Crippen LogP contribution in [-0.4, -0.2) is 26.6 Å². The van der Waals surface area contributed by atoms with Gasteiger partial charge in [-0.15, -0.1) is 0 Å². The predicted octanol–water partition coefficient (Wildman–Crippen LogP) is 2.83. The summed E-state index contributed by atoms with van der Waals surface area (Å²) in [6, 6.07) is 16.6.